The van der Waals surface area contributed by atoms with Crippen molar-refractivity contribution in [3.63, 3.8) is 0 Å². The summed E-state index contributed by atoms with van der Waals surface area (Å²) in [6, 6.07) is 8.99. The SMILES string of the molecule is Nc1ccccc1-n1c(=O)[nH]c2ccncc21. The number of anilines is 1. The van der Waals surface area contributed by atoms with Gasteiger partial charge in [-0.3, -0.25) is 9.55 Å². The van der Waals surface area contributed by atoms with Gasteiger partial charge in [0.2, 0.25) is 0 Å². The van der Waals surface area contributed by atoms with Crippen molar-refractivity contribution in [2.45, 2.75) is 0 Å². The average molecular weight is 226 g/mol. The van der Waals surface area contributed by atoms with Crippen LogP contribution in [0, 0.1) is 0 Å². The minimum Gasteiger partial charge on any atom is -0.397 e. The molecular formula is C12H10N4O. The number of nitrogens with one attached hydrogen (secondary N) is 1. The molecule has 17 heavy (non-hydrogen) atoms. The smallest absolute Gasteiger partial charge is 0.331 e. The summed E-state index contributed by atoms with van der Waals surface area (Å²) in [7, 11) is 0. The Hall–Kier alpha value is -2.56. The number of benzene rings is 1. The number of nitrogen functional groups attached to an aromatic ring is 1. The minimum atomic E-state index is -0.217. The summed E-state index contributed by atoms with van der Waals surface area (Å²) in [5.41, 5.74) is 8.34. The molecule has 3 N–H and O–H groups in total. The molecule has 3 rings (SSSR count). The summed E-state index contributed by atoms with van der Waals surface area (Å²) in [5, 5.41) is 0. The van der Waals surface area contributed by atoms with Crippen LogP contribution in [0.1, 0.15) is 0 Å². The molecule has 0 aliphatic heterocycles. The molecule has 0 aliphatic carbocycles. The first-order valence-corrected chi connectivity index (χ1v) is 5.17. The van der Waals surface area contributed by atoms with Gasteiger partial charge in [0.15, 0.2) is 0 Å². The number of aromatic amines is 1. The van der Waals surface area contributed by atoms with Gasteiger partial charge in [0.05, 0.1) is 28.6 Å². The van der Waals surface area contributed by atoms with Gasteiger partial charge in [-0.1, -0.05) is 12.1 Å². The standard InChI is InChI=1S/C12H10N4O/c13-8-3-1-2-4-10(8)16-11-7-14-6-5-9(11)15-12(16)17/h1-7H,13H2,(H,15,17). The van der Waals surface area contributed by atoms with E-state index >= 15 is 0 Å². The predicted octanol–water partition coefficient (Wildman–Crippen LogP) is 1.30. The highest BCUT2D eigenvalue weighted by Crippen LogP contribution is 2.19. The van der Waals surface area contributed by atoms with E-state index in [0.717, 1.165) is 11.0 Å². The maximum absolute atomic E-state index is 11.9. The fourth-order valence-corrected chi connectivity index (χ4v) is 1.88. The van der Waals surface area contributed by atoms with Crippen LogP contribution < -0.4 is 11.4 Å². The van der Waals surface area contributed by atoms with E-state index in [-0.39, 0.29) is 5.69 Å². The van der Waals surface area contributed by atoms with E-state index in [2.05, 4.69) is 9.97 Å². The molecule has 5 nitrogen and oxygen atoms in total. The van der Waals surface area contributed by atoms with Crippen LogP contribution in [-0.2, 0) is 0 Å². The third-order valence-corrected chi connectivity index (χ3v) is 2.66. The van der Waals surface area contributed by atoms with E-state index in [1.807, 2.05) is 12.1 Å². The van der Waals surface area contributed by atoms with Crippen LogP contribution in [0.25, 0.3) is 16.7 Å². The highest BCUT2D eigenvalue weighted by Gasteiger charge is 2.10. The Bertz CT molecular complexity index is 741. The van der Waals surface area contributed by atoms with E-state index in [1.54, 1.807) is 30.6 Å². The van der Waals surface area contributed by atoms with E-state index < -0.39 is 0 Å². The fraction of sp³-hybridized carbons (Fsp3) is 0. The molecule has 0 saturated heterocycles. The van der Waals surface area contributed by atoms with Crippen LogP contribution in [0.5, 0.6) is 0 Å². The second-order valence-electron chi connectivity index (χ2n) is 3.72. The van der Waals surface area contributed by atoms with Gasteiger partial charge in [-0.05, 0) is 18.2 Å². The molecule has 0 fully saturated rings. The van der Waals surface area contributed by atoms with Crippen molar-refractivity contribution in [2.75, 3.05) is 5.73 Å². The Balaban J connectivity index is 2.42. The van der Waals surface area contributed by atoms with Gasteiger partial charge in [-0.25, -0.2) is 4.79 Å². The van der Waals surface area contributed by atoms with Crippen LogP contribution >= 0.6 is 0 Å². The topological polar surface area (TPSA) is 76.7 Å². The van der Waals surface area contributed by atoms with Crippen molar-refractivity contribution in [3.05, 3.63) is 53.2 Å². The molecule has 0 unspecified atom stereocenters. The van der Waals surface area contributed by atoms with Crippen molar-refractivity contribution in [1.82, 2.24) is 14.5 Å². The first-order chi connectivity index (χ1) is 8.27. The molecule has 0 bridgehead atoms. The predicted molar refractivity (Wildman–Crippen MR) is 66.1 cm³/mol. The molecule has 3 aromatic rings. The molecule has 2 aromatic heterocycles. The molecule has 0 spiro atoms. The van der Waals surface area contributed by atoms with Gasteiger partial charge >= 0.3 is 5.69 Å². The van der Waals surface area contributed by atoms with Crippen LogP contribution in [-0.4, -0.2) is 14.5 Å². The number of hydrogen-bond acceptors (Lipinski definition) is 3. The molecule has 0 radical (unpaired) electrons. The third kappa shape index (κ3) is 1.40. The number of pyridine rings is 1. The van der Waals surface area contributed by atoms with Crippen LogP contribution in [0.4, 0.5) is 5.69 Å². The number of para-hydroxylation sites is 2. The van der Waals surface area contributed by atoms with Gasteiger partial charge in [0.1, 0.15) is 0 Å². The maximum Gasteiger partial charge on any atom is 0.331 e. The summed E-state index contributed by atoms with van der Waals surface area (Å²) in [4.78, 5) is 18.7. The Morgan fingerprint density at radius 2 is 2.06 bits per heavy atom. The summed E-state index contributed by atoms with van der Waals surface area (Å²) >= 11 is 0. The second kappa shape index (κ2) is 3.48. The van der Waals surface area contributed by atoms with E-state index in [4.69, 9.17) is 5.73 Å². The largest absolute Gasteiger partial charge is 0.397 e. The number of hydrogen-bond donors (Lipinski definition) is 2. The number of rotatable bonds is 1. The Morgan fingerprint density at radius 1 is 1.24 bits per heavy atom. The Morgan fingerprint density at radius 3 is 2.88 bits per heavy atom. The molecule has 84 valence electrons. The average Bonchev–Trinajstić information content (AvgIpc) is 2.66. The highest BCUT2D eigenvalue weighted by atomic mass is 16.1. The summed E-state index contributed by atoms with van der Waals surface area (Å²) in [6.45, 7) is 0. The molecule has 0 saturated carbocycles. The Labute approximate surface area is 96.5 Å². The molecule has 0 aliphatic rings. The van der Waals surface area contributed by atoms with Crippen molar-refractivity contribution < 1.29 is 0 Å². The molecule has 1 aromatic carbocycles. The van der Waals surface area contributed by atoms with Crippen molar-refractivity contribution >= 4 is 16.7 Å². The summed E-state index contributed by atoms with van der Waals surface area (Å²) < 4.78 is 1.53. The zero-order valence-corrected chi connectivity index (χ0v) is 8.92. The van der Waals surface area contributed by atoms with Gasteiger partial charge < -0.3 is 10.7 Å². The third-order valence-electron chi connectivity index (χ3n) is 2.66. The van der Waals surface area contributed by atoms with E-state index in [9.17, 15) is 4.79 Å². The zero-order valence-electron chi connectivity index (χ0n) is 8.92. The van der Waals surface area contributed by atoms with Gasteiger partial charge in [-0.2, -0.15) is 0 Å². The van der Waals surface area contributed by atoms with E-state index in [0.29, 0.717) is 11.4 Å². The van der Waals surface area contributed by atoms with Crippen LogP contribution in [0.15, 0.2) is 47.5 Å². The van der Waals surface area contributed by atoms with E-state index in [1.165, 1.54) is 4.57 Å². The number of nitrogens with two attached hydrogens (primary N) is 1. The lowest BCUT2D eigenvalue weighted by molar-refractivity contribution is 1.02. The maximum atomic E-state index is 11.9. The van der Waals surface area contributed by atoms with Crippen molar-refractivity contribution in [3.8, 4) is 5.69 Å². The normalized spacial score (nSPS) is 10.8. The molecule has 2 heterocycles. The Kier molecular flexibility index (Phi) is 1.98. The van der Waals surface area contributed by atoms with Gasteiger partial charge in [-0.15, -0.1) is 0 Å². The number of imidazole rings is 1. The van der Waals surface area contributed by atoms with Gasteiger partial charge in [0, 0.05) is 6.20 Å². The van der Waals surface area contributed by atoms with Crippen molar-refractivity contribution in [2.24, 2.45) is 0 Å². The zero-order chi connectivity index (χ0) is 11.8. The first kappa shape index (κ1) is 9.65. The van der Waals surface area contributed by atoms with Crippen molar-refractivity contribution in [1.29, 1.82) is 0 Å². The quantitative estimate of drug-likeness (QED) is 0.614. The molecular weight excluding hydrogens is 216 g/mol. The fourth-order valence-electron chi connectivity index (χ4n) is 1.88. The monoisotopic (exact) mass is 226 g/mol. The number of nitrogens with zero attached hydrogens (tertiary/aromatic N) is 2. The number of H-pyrrole nitrogens is 1. The summed E-state index contributed by atoms with van der Waals surface area (Å²) in [6.07, 6.45) is 3.27. The van der Waals surface area contributed by atoms with Crippen LogP contribution in [0.3, 0.4) is 0 Å². The number of fused-ring (bicyclic) bond motifs is 1. The lowest BCUT2D eigenvalue weighted by atomic mass is 10.2. The second-order valence-corrected chi connectivity index (χ2v) is 3.72. The van der Waals surface area contributed by atoms with Crippen LogP contribution in [0.2, 0.25) is 0 Å². The number of aromatic nitrogens is 3. The lowest BCUT2D eigenvalue weighted by Crippen LogP contribution is -2.15. The van der Waals surface area contributed by atoms with Gasteiger partial charge in [0.25, 0.3) is 0 Å². The highest BCUT2D eigenvalue weighted by molar-refractivity contribution is 5.77. The lowest BCUT2D eigenvalue weighted by Gasteiger charge is -2.05. The first-order valence-electron chi connectivity index (χ1n) is 5.17. The molecule has 0 atom stereocenters. The minimum absolute atomic E-state index is 0.217. The summed E-state index contributed by atoms with van der Waals surface area (Å²) in [5.74, 6) is 0. The molecule has 5 heteroatoms. The molecule has 0 amide bonds.